The van der Waals surface area contributed by atoms with Crippen molar-refractivity contribution < 1.29 is 48.7 Å². The molecule has 0 bridgehead atoms. The average molecular weight is 635 g/mol. The van der Waals surface area contributed by atoms with Crippen molar-refractivity contribution in [3.05, 3.63) is 34.4 Å². The van der Waals surface area contributed by atoms with E-state index >= 15 is 0 Å². The number of rotatable bonds is 16. The first-order valence-corrected chi connectivity index (χ1v) is 14.3. The van der Waals surface area contributed by atoms with Gasteiger partial charge in [0.25, 0.3) is 11.6 Å². The molecule has 0 aromatic heterocycles. The number of nitrogens with one attached hydrogen (secondary N) is 2. The van der Waals surface area contributed by atoms with Crippen LogP contribution < -0.4 is 21.3 Å². The Morgan fingerprint density at radius 2 is 1.73 bits per heavy atom. The van der Waals surface area contributed by atoms with Gasteiger partial charge in [0.2, 0.25) is 23.6 Å². The maximum Gasteiger partial charge on any atom is 0.327 e. The Balaban J connectivity index is 2.50. The Bertz CT molecular complexity index is 1320. The number of nitrogens with two attached hydrogens (primary N) is 1. The van der Waals surface area contributed by atoms with Gasteiger partial charge in [-0.3, -0.25) is 43.8 Å². The number of likely N-dealkylation sites (tertiary alicyclic amines) is 1. The minimum absolute atomic E-state index is 0.00315. The number of carbonyl (C=O) groups excluding carboxylic acids is 5. The number of hydrogen-bond donors (Lipinski definition) is 5. The predicted molar refractivity (Wildman–Crippen MR) is 156 cm³/mol. The zero-order chi connectivity index (χ0) is 34.0. The van der Waals surface area contributed by atoms with Gasteiger partial charge in [0.05, 0.1) is 11.3 Å². The van der Waals surface area contributed by atoms with Gasteiger partial charge in [-0.25, -0.2) is 4.79 Å². The van der Waals surface area contributed by atoms with Crippen LogP contribution in [0.4, 0.5) is 11.4 Å². The van der Waals surface area contributed by atoms with Gasteiger partial charge in [-0.05, 0) is 37.3 Å². The van der Waals surface area contributed by atoms with Crippen molar-refractivity contribution in [1.29, 1.82) is 0 Å². The van der Waals surface area contributed by atoms with Crippen LogP contribution in [0.1, 0.15) is 59.3 Å². The fourth-order valence-corrected chi connectivity index (χ4v) is 5.03. The summed E-state index contributed by atoms with van der Waals surface area (Å²) in [4.78, 5) is 101. The summed E-state index contributed by atoms with van der Waals surface area (Å²) in [7, 11) is 0. The molecule has 6 N–H and O–H groups in total. The van der Waals surface area contributed by atoms with Gasteiger partial charge < -0.3 is 31.5 Å². The standard InChI is InChI=1S/C28H38N6O11/c1-4-15(2)24(30-16(3)35)25(39)31-19(11-12-23(37)38)26(40)32-13-5-6-20(32)27(41)33(21(28(42)43)14-22(29)36)17-7-9-18(10-8-17)34(44)45/h7-10,15,19-21,24H,4-6,11-14H2,1-3H3,(H2,29,36)(H,30,35)(H,31,39)(H,37,38)(H,42,43)/t15-,19-,20-,21-,24-/m0/s1. The molecule has 0 spiro atoms. The minimum atomic E-state index is -1.83. The molecule has 1 aromatic carbocycles. The Labute approximate surface area is 258 Å². The second-order valence-electron chi connectivity index (χ2n) is 10.8. The van der Waals surface area contributed by atoms with Crippen molar-refractivity contribution in [2.24, 2.45) is 11.7 Å². The second kappa shape index (κ2) is 16.1. The van der Waals surface area contributed by atoms with Crippen LogP contribution in [0.25, 0.3) is 0 Å². The van der Waals surface area contributed by atoms with E-state index in [9.17, 15) is 53.9 Å². The average Bonchev–Trinajstić information content (AvgIpc) is 3.46. The van der Waals surface area contributed by atoms with E-state index in [2.05, 4.69) is 10.6 Å². The lowest BCUT2D eigenvalue weighted by molar-refractivity contribution is -0.384. The highest BCUT2D eigenvalue weighted by Crippen LogP contribution is 2.28. The molecule has 1 fully saturated rings. The molecule has 0 radical (unpaired) electrons. The summed E-state index contributed by atoms with van der Waals surface area (Å²) >= 11 is 0. The Hall–Kier alpha value is -5.09. The van der Waals surface area contributed by atoms with Crippen molar-refractivity contribution in [3.63, 3.8) is 0 Å². The number of non-ortho nitro benzene ring substituents is 1. The summed E-state index contributed by atoms with van der Waals surface area (Å²) in [5, 5.41) is 35.4. The highest BCUT2D eigenvalue weighted by Gasteiger charge is 2.43. The van der Waals surface area contributed by atoms with E-state index < -0.39 is 83.4 Å². The Kier molecular flexibility index (Phi) is 12.9. The van der Waals surface area contributed by atoms with Gasteiger partial charge in [-0.2, -0.15) is 0 Å². The van der Waals surface area contributed by atoms with Crippen molar-refractivity contribution in [1.82, 2.24) is 15.5 Å². The van der Waals surface area contributed by atoms with E-state index in [1.807, 2.05) is 0 Å². The lowest BCUT2D eigenvalue weighted by Crippen LogP contribution is -2.59. The van der Waals surface area contributed by atoms with Crippen LogP contribution in [-0.2, 0) is 33.6 Å². The van der Waals surface area contributed by atoms with E-state index in [0.29, 0.717) is 6.42 Å². The molecule has 1 aliphatic rings. The lowest BCUT2D eigenvalue weighted by Gasteiger charge is -2.35. The SMILES string of the molecule is CC[C@H](C)[C@H](NC(C)=O)C(=O)N[C@@H](CCC(=O)O)C(=O)N1CCC[C@H]1C(=O)N(c1ccc([N+](=O)[O-])cc1)[C@@H](CC(N)=O)C(=O)O. The van der Waals surface area contributed by atoms with Gasteiger partial charge in [-0.1, -0.05) is 20.3 Å². The minimum Gasteiger partial charge on any atom is -0.481 e. The number of primary amides is 1. The third kappa shape index (κ3) is 9.70. The van der Waals surface area contributed by atoms with Crippen LogP contribution in [0.2, 0.25) is 0 Å². The zero-order valence-electron chi connectivity index (χ0n) is 25.1. The molecule has 1 saturated heterocycles. The number of carboxylic acids is 2. The summed E-state index contributed by atoms with van der Waals surface area (Å²) in [5.74, 6) is -7.21. The van der Waals surface area contributed by atoms with Gasteiger partial charge in [0, 0.05) is 37.7 Å². The zero-order valence-corrected chi connectivity index (χ0v) is 25.1. The molecular weight excluding hydrogens is 596 g/mol. The maximum absolute atomic E-state index is 14.0. The molecule has 5 atom stereocenters. The van der Waals surface area contributed by atoms with Crippen LogP contribution in [-0.4, -0.2) is 92.2 Å². The first-order valence-electron chi connectivity index (χ1n) is 14.3. The smallest absolute Gasteiger partial charge is 0.327 e. The molecular formula is C28H38N6O11. The number of anilines is 1. The first-order chi connectivity index (χ1) is 21.1. The Morgan fingerprint density at radius 3 is 2.22 bits per heavy atom. The number of carbonyl (C=O) groups is 7. The number of nitro groups is 1. The van der Waals surface area contributed by atoms with Crippen LogP contribution in [0, 0.1) is 16.0 Å². The van der Waals surface area contributed by atoms with Gasteiger partial charge in [0.15, 0.2) is 0 Å². The largest absolute Gasteiger partial charge is 0.481 e. The summed E-state index contributed by atoms with van der Waals surface area (Å²) in [5.41, 5.74) is 4.80. The molecule has 17 nitrogen and oxygen atoms in total. The molecule has 0 aliphatic carbocycles. The molecule has 1 aliphatic heterocycles. The van der Waals surface area contributed by atoms with Crippen LogP contribution in [0.15, 0.2) is 24.3 Å². The number of nitro benzene ring substituents is 1. The molecule has 2 rings (SSSR count). The Morgan fingerprint density at radius 1 is 1.11 bits per heavy atom. The van der Waals surface area contributed by atoms with Gasteiger partial charge >= 0.3 is 11.9 Å². The van der Waals surface area contributed by atoms with E-state index in [0.717, 1.165) is 34.1 Å². The monoisotopic (exact) mass is 634 g/mol. The number of amides is 5. The van der Waals surface area contributed by atoms with Crippen LogP contribution in [0.5, 0.6) is 0 Å². The van der Waals surface area contributed by atoms with Crippen molar-refractivity contribution in [2.45, 2.75) is 83.5 Å². The number of benzene rings is 1. The summed E-state index contributed by atoms with van der Waals surface area (Å²) in [6.07, 6.45) is -0.857. The van der Waals surface area contributed by atoms with Crippen LogP contribution in [0.3, 0.4) is 0 Å². The van der Waals surface area contributed by atoms with Crippen LogP contribution >= 0.6 is 0 Å². The maximum atomic E-state index is 14.0. The summed E-state index contributed by atoms with van der Waals surface area (Å²) in [6.45, 7) is 4.72. The topological polar surface area (TPSA) is 260 Å². The van der Waals surface area contributed by atoms with E-state index in [1.54, 1.807) is 13.8 Å². The number of nitrogens with zero attached hydrogens (tertiary/aromatic N) is 3. The number of carboxylic acid groups (broad SMARTS) is 2. The molecule has 1 aromatic rings. The second-order valence-corrected chi connectivity index (χ2v) is 10.8. The number of hydrogen-bond acceptors (Lipinski definition) is 9. The van der Waals surface area contributed by atoms with Gasteiger partial charge in [-0.15, -0.1) is 0 Å². The molecule has 1 heterocycles. The molecule has 0 unspecified atom stereocenters. The normalized spacial score (nSPS) is 16.9. The molecule has 5 amide bonds. The van der Waals surface area contributed by atoms with E-state index in [4.69, 9.17) is 5.73 Å². The first kappa shape index (κ1) is 36.1. The molecule has 45 heavy (non-hydrogen) atoms. The number of aliphatic carboxylic acids is 2. The third-order valence-electron chi connectivity index (χ3n) is 7.50. The van der Waals surface area contributed by atoms with Crippen molar-refractivity contribution in [2.75, 3.05) is 11.4 Å². The molecule has 17 heteroatoms. The quantitative estimate of drug-likeness (QED) is 0.121. The predicted octanol–water partition coefficient (Wildman–Crippen LogP) is 0.148. The lowest BCUT2D eigenvalue weighted by atomic mass is 9.97. The van der Waals surface area contributed by atoms with Crippen molar-refractivity contribution >= 4 is 52.8 Å². The van der Waals surface area contributed by atoms with Crippen molar-refractivity contribution in [3.8, 4) is 0 Å². The third-order valence-corrected chi connectivity index (χ3v) is 7.50. The van der Waals surface area contributed by atoms with Gasteiger partial charge in [0.1, 0.15) is 24.2 Å². The van der Waals surface area contributed by atoms with E-state index in [1.165, 1.54) is 6.92 Å². The molecule has 0 saturated carbocycles. The van der Waals surface area contributed by atoms with E-state index in [-0.39, 0.29) is 43.1 Å². The summed E-state index contributed by atoms with van der Waals surface area (Å²) in [6, 6.07) is -1.25. The molecule has 246 valence electrons. The summed E-state index contributed by atoms with van der Waals surface area (Å²) < 4.78 is 0. The fraction of sp³-hybridized carbons (Fsp3) is 0.536. The highest BCUT2D eigenvalue weighted by atomic mass is 16.6. The highest BCUT2D eigenvalue weighted by molar-refractivity contribution is 6.05. The fourth-order valence-electron chi connectivity index (χ4n) is 5.03.